The summed E-state index contributed by atoms with van der Waals surface area (Å²) in [4.78, 5) is 37.6. The van der Waals surface area contributed by atoms with E-state index in [4.69, 9.17) is 4.74 Å². The van der Waals surface area contributed by atoms with E-state index >= 15 is 0 Å². The van der Waals surface area contributed by atoms with Crippen LogP contribution in [-0.4, -0.2) is 28.8 Å². The molecule has 0 atom stereocenters. The summed E-state index contributed by atoms with van der Waals surface area (Å²) in [6.45, 7) is 0. The number of imide groups is 1. The quantitative estimate of drug-likeness (QED) is 0.521. The summed E-state index contributed by atoms with van der Waals surface area (Å²) in [5, 5.41) is 12.9. The number of nitro groups is 1. The Bertz CT molecular complexity index is 728. The second-order valence-corrected chi connectivity index (χ2v) is 4.14. The van der Waals surface area contributed by atoms with Crippen LogP contribution in [0.4, 0.5) is 5.69 Å². The van der Waals surface area contributed by atoms with E-state index < -0.39 is 28.1 Å². The summed E-state index contributed by atoms with van der Waals surface area (Å²) < 4.78 is 4.96. The van der Waals surface area contributed by atoms with E-state index in [1.54, 1.807) is 12.1 Å². The Kier molecular flexibility index (Phi) is 4.42. The number of rotatable bonds is 4. The number of hydrogen-bond donors (Lipinski definition) is 1. The average Bonchev–Trinajstić information content (AvgIpc) is 2.54. The van der Waals surface area contributed by atoms with E-state index in [0.29, 0.717) is 5.75 Å². The first-order valence-electron chi connectivity index (χ1n) is 6.12. The summed E-state index contributed by atoms with van der Waals surface area (Å²) in [5.74, 6) is -1.07. The number of pyridine rings is 1. The Morgan fingerprint density at radius 2 is 1.86 bits per heavy atom. The minimum Gasteiger partial charge on any atom is -0.497 e. The van der Waals surface area contributed by atoms with Gasteiger partial charge in [0.15, 0.2) is 0 Å². The van der Waals surface area contributed by atoms with Gasteiger partial charge in [0.1, 0.15) is 5.75 Å². The molecule has 0 aliphatic rings. The fraction of sp³-hybridized carbons (Fsp3) is 0.0714. The summed E-state index contributed by atoms with van der Waals surface area (Å²) in [7, 11) is 1.48. The molecule has 0 saturated heterocycles. The van der Waals surface area contributed by atoms with Crippen LogP contribution in [0.15, 0.2) is 42.6 Å². The Hall–Kier alpha value is -3.29. The molecule has 0 bridgehead atoms. The third kappa shape index (κ3) is 3.23. The number of carbonyl (C=O) groups excluding carboxylic acids is 2. The zero-order valence-corrected chi connectivity index (χ0v) is 11.5. The van der Waals surface area contributed by atoms with Crippen molar-refractivity contribution in [2.24, 2.45) is 0 Å². The first-order chi connectivity index (χ1) is 10.5. The fourth-order valence-corrected chi connectivity index (χ4v) is 1.70. The average molecular weight is 301 g/mol. The SMILES string of the molecule is COc1ccc(C(=O)NC(=O)c2ncccc2[N+](=O)[O-])cc1. The van der Waals surface area contributed by atoms with Gasteiger partial charge in [-0.2, -0.15) is 0 Å². The predicted octanol–water partition coefficient (Wildman–Crippen LogP) is 1.57. The van der Waals surface area contributed by atoms with Gasteiger partial charge in [-0.15, -0.1) is 0 Å². The molecule has 22 heavy (non-hydrogen) atoms. The highest BCUT2D eigenvalue weighted by molar-refractivity contribution is 6.10. The summed E-state index contributed by atoms with van der Waals surface area (Å²) in [5.41, 5.74) is -0.676. The Morgan fingerprint density at radius 1 is 1.18 bits per heavy atom. The van der Waals surface area contributed by atoms with Crippen molar-refractivity contribution in [1.29, 1.82) is 0 Å². The highest BCUT2D eigenvalue weighted by Crippen LogP contribution is 2.15. The zero-order valence-electron chi connectivity index (χ0n) is 11.5. The molecule has 1 N–H and O–H groups in total. The second-order valence-electron chi connectivity index (χ2n) is 4.14. The van der Waals surface area contributed by atoms with Gasteiger partial charge in [-0.05, 0) is 30.3 Å². The number of amides is 2. The molecule has 0 radical (unpaired) electrons. The van der Waals surface area contributed by atoms with Gasteiger partial charge in [-0.3, -0.25) is 25.0 Å². The molecule has 0 fully saturated rings. The lowest BCUT2D eigenvalue weighted by atomic mass is 10.2. The van der Waals surface area contributed by atoms with E-state index in [-0.39, 0.29) is 5.56 Å². The molecule has 1 heterocycles. The topological polar surface area (TPSA) is 111 Å². The number of nitrogens with one attached hydrogen (secondary N) is 1. The van der Waals surface area contributed by atoms with Crippen molar-refractivity contribution in [1.82, 2.24) is 10.3 Å². The van der Waals surface area contributed by atoms with Crippen molar-refractivity contribution in [3.8, 4) is 5.75 Å². The fourth-order valence-electron chi connectivity index (χ4n) is 1.70. The van der Waals surface area contributed by atoms with Crippen LogP contribution in [0.1, 0.15) is 20.8 Å². The Balaban J connectivity index is 2.18. The molecule has 112 valence electrons. The van der Waals surface area contributed by atoms with Gasteiger partial charge in [0, 0.05) is 17.8 Å². The second kappa shape index (κ2) is 6.44. The molecule has 0 saturated carbocycles. The number of benzene rings is 1. The summed E-state index contributed by atoms with van der Waals surface area (Å²) in [6, 6.07) is 8.52. The van der Waals surface area contributed by atoms with Crippen molar-refractivity contribution in [2.75, 3.05) is 7.11 Å². The molecule has 2 amide bonds. The molecule has 0 spiro atoms. The van der Waals surface area contributed by atoms with Crippen LogP contribution in [0.2, 0.25) is 0 Å². The van der Waals surface area contributed by atoms with E-state index in [2.05, 4.69) is 10.3 Å². The summed E-state index contributed by atoms with van der Waals surface area (Å²) in [6.07, 6.45) is 1.24. The van der Waals surface area contributed by atoms with Crippen molar-refractivity contribution in [3.05, 3.63) is 64.0 Å². The lowest BCUT2D eigenvalue weighted by molar-refractivity contribution is -0.385. The van der Waals surface area contributed by atoms with Crippen molar-refractivity contribution < 1.29 is 19.2 Å². The highest BCUT2D eigenvalue weighted by Gasteiger charge is 2.23. The first-order valence-corrected chi connectivity index (χ1v) is 6.12. The van der Waals surface area contributed by atoms with Gasteiger partial charge in [0.25, 0.3) is 11.8 Å². The van der Waals surface area contributed by atoms with Crippen LogP contribution >= 0.6 is 0 Å². The van der Waals surface area contributed by atoms with E-state index in [0.717, 1.165) is 6.07 Å². The van der Waals surface area contributed by atoms with Crippen LogP contribution in [0.3, 0.4) is 0 Å². The molecule has 2 rings (SSSR count). The molecule has 0 aliphatic heterocycles. The number of aromatic nitrogens is 1. The molecular weight excluding hydrogens is 290 g/mol. The maximum Gasteiger partial charge on any atom is 0.300 e. The normalized spacial score (nSPS) is 9.86. The molecule has 1 aromatic heterocycles. The number of nitrogens with zero attached hydrogens (tertiary/aromatic N) is 2. The monoisotopic (exact) mass is 301 g/mol. The van der Waals surface area contributed by atoms with Crippen molar-refractivity contribution in [3.63, 3.8) is 0 Å². The van der Waals surface area contributed by atoms with Gasteiger partial charge in [-0.25, -0.2) is 4.98 Å². The molecule has 2 aromatic rings. The largest absolute Gasteiger partial charge is 0.497 e. The van der Waals surface area contributed by atoms with E-state index in [9.17, 15) is 19.7 Å². The van der Waals surface area contributed by atoms with Gasteiger partial charge in [0.2, 0.25) is 5.69 Å². The zero-order chi connectivity index (χ0) is 16.1. The predicted molar refractivity (Wildman–Crippen MR) is 75.7 cm³/mol. The van der Waals surface area contributed by atoms with Crippen LogP contribution in [-0.2, 0) is 0 Å². The molecular formula is C14H11N3O5. The lowest BCUT2D eigenvalue weighted by Gasteiger charge is -2.05. The molecule has 0 aliphatic carbocycles. The summed E-state index contributed by atoms with van der Waals surface area (Å²) >= 11 is 0. The van der Waals surface area contributed by atoms with E-state index in [1.807, 2.05) is 0 Å². The third-order valence-electron chi connectivity index (χ3n) is 2.78. The Labute approximate surface area is 124 Å². The van der Waals surface area contributed by atoms with E-state index in [1.165, 1.54) is 31.5 Å². The lowest BCUT2D eigenvalue weighted by Crippen LogP contribution is -2.31. The maximum atomic E-state index is 12.0. The van der Waals surface area contributed by atoms with Gasteiger partial charge < -0.3 is 4.74 Å². The molecule has 1 aromatic carbocycles. The Morgan fingerprint density at radius 3 is 2.45 bits per heavy atom. The van der Waals surface area contributed by atoms with Crippen molar-refractivity contribution >= 4 is 17.5 Å². The van der Waals surface area contributed by atoms with Crippen LogP contribution < -0.4 is 10.1 Å². The third-order valence-corrected chi connectivity index (χ3v) is 2.78. The maximum absolute atomic E-state index is 12.0. The number of hydrogen-bond acceptors (Lipinski definition) is 6. The van der Waals surface area contributed by atoms with Gasteiger partial charge in [-0.1, -0.05) is 0 Å². The smallest absolute Gasteiger partial charge is 0.300 e. The van der Waals surface area contributed by atoms with Gasteiger partial charge >= 0.3 is 5.69 Å². The highest BCUT2D eigenvalue weighted by atomic mass is 16.6. The van der Waals surface area contributed by atoms with Crippen molar-refractivity contribution in [2.45, 2.75) is 0 Å². The van der Waals surface area contributed by atoms with Crippen LogP contribution in [0.25, 0.3) is 0 Å². The minimum atomic E-state index is -0.937. The molecule has 8 nitrogen and oxygen atoms in total. The van der Waals surface area contributed by atoms with Crippen LogP contribution in [0, 0.1) is 10.1 Å². The molecule has 8 heteroatoms. The number of methoxy groups -OCH3 is 1. The minimum absolute atomic E-state index is 0.215. The van der Waals surface area contributed by atoms with Crippen LogP contribution in [0.5, 0.6) is 5.75 Å². The standard InChI is InChI=1S/C14H11N3O5/c1-22-10-6-4-9(5-7-10)13(18)16-14(19)12-11(17(20)21)3-2-8-15-12/h2-8H,1H3,(H,16,18,19). The van der Waals surface area contributed by atoms with Gasteiger partial charge in [0.05, 0.1) is 12.0 Å². The number of carbonyl (C=O) groups is 2. The molecule has 0 unspecified atom stereocenters. The first kappa shape index (κ1) is 15.1. The number of ether oxygens (including phenoxy) is 1.